The minimum atomic E-state index is -5.84. The summed E-state index contributed by atoms with van der Waals surface area (Å²) >= 11 is 0. The van der Waals surface area contributed by atoms with E-state index in [1.807, 2.05) is 70.5 Å². The van der Waals surface area contributed by atoms with Gasteiger partial charge in [-0.2, -0.15) is 45.4 Å². The summed E-state index contributed by atoms with van der Waals surface area (Å²) in [4.78, 5) is 35.6. The molecule has 4 aliphatic rings. The number of anilines is 2. The molecular weight excluding hydrogens is 784 g/mol. The Morgan fingerprint density at radius 1 is 0.725 bits per heavy atom. The minimum Gasteiger partial charge on any atom is -0.392 e. The zero-order valence-corrected chi connectivity index (χ0v) is 30.2. The van der Waals surface area contributed by atoms with Crippen molar-refractivity contribution in [3.05, 3.63) is 95.6 Å². The Labute approximate surface area is 308 Å². The predicted molar refractivity (Wildman–Crippen MR) is 177 cm³/mol. The molecule has 6 atom stereocenters. The van der Waals surface area contributed by atoms with E-state index in [0.717, 1.165) is 28.1 Å². The first-order chi connectivity index (χ1) is 23.4. The molecule has 0 aromatic heterocycles. The van der Waals surface area contributed by atoms with Crippen LogP contribution in [0.1, 0.15) is 62.6 Å². The van der Waals surface area contributed by atoms with Gasteiger partial charge in [-0.3, -0.25) is 33.7 Å². The van der Waals surface area contributed by atoms with Gasteiger partial charge in [-0.15, -0.1) is 11.1 Å². The number of aliphatic hydroxyl groups excluding tert-OH is 2. The zero-order chi connectivity index (χ0) is 36.3. The number of rotatable bonds is 4. The van der Waals surface area contributed by atoms with E-state index in [-0.39, 0.29) is 37.7 Å². The maximum absolute atomic E-state index is 13.9. The second kappa shape index (κ2) is 14.3. The molecule has 16 heteroatoms. The number of alkyl halides is 3. The Bertz CT molecular complexity index is 1760. The molecule has 3 aromatic rings. The number of carbonyl (C=O) groups is 2. The zero-order valence-electron chi connectivity index (χ0n) is 27.8. The quantitative estimate of drug-likeness (QED) is 0.153. The summed E-state index contributed by atoms with van der Waals surface area (Å²) in [6.07, 6.45) is -1.25. The maximum atomic E-state index is 13.9. The largest absolute Gasteiger partial charge is 0.522 e. The van der Waals surface area contributed by atoms with Crippen molar-refractivity contribution in [2.24, 2.45) is 0 Å². The van der Waals surface area contributed by atoms with E-state index < -0.39 is 52.2 Å². The van der Waals surface area contributed by atoms with Crippen molar-refractivity contribution in [1.82, 2.24) is 9.80 Å². The van der Waals surface area contributed by atoms with E-state index in [0.29, 0.717) is 25.9 Å². The second-order valence-corrected chi connectivity index (χ2v) is 15.4. The van der Waals surface area contributed by atoms with E-state index in [1.54, 1.807) is 0 Å². The SMILES string of the molecule is CC(C)(C)c1cc([C@H]2N(c3ccccc3)C(=O)[C@@H]3C[C@@H](O)CN32)[c-]c([C@H]2N(c3ccccc3)C(=O)[C@@H]3C[C@@H](O)CN32)c1.O=S(=O)(O)C(F)(F)F.[Pd]. The summed E-state index contributed by atoms with van der Waals surface area (Å²) in [6, 6.07) is 26.5. The van der Waals surface area contributed by atoms with Crippen molar-refractivity contribution in [3.63, 3.8) is 0 Å². The summed E-state index contributed by atoms with van der Waals surface area (Å²) < 4.78 is 57.5. The fourth-order valence-electron chi connectivity index (χ4n) is 7.24. The average Bonchev–Trinajstić information content (AvgIpc) is 3.75. The fraction of sp³-hybridized carbons (Fsp3) is 0.429. The van der Waals surface area contributed by atoms with Crippen molar-refractivity contribution in [1.29, 1.82) is 0 Å². The van der Waals surface area contributed by atoms with Gasteiger partial charge in [0, 0.05) is 44.9 Å². The molecule has 3 N–H and O–H groups in total. The average molecular weight is 822 g/mol. The van der Waals surface area contributed by atoms with Crippen LogP contribution in [0.4, 0.5) is 24.5 Å². The van der Waals surface area contributed by atoms with Crippen molar-refractivity contribution < 1.29 is 66.4 Å². The van der Waals surface area contributed by atoms with Crippen LogP contribution in [0.3, 0.4) is 0 Å². The summed E-state index contributed by atoms with van der Waals surface area (Å²) in [5.41, 5.74) is -1.43. The van der Waals surface area contributed by atoms with Crippen LogP contribution in [-0.2, 0) is 45.5 Å². The first-order valence-electron chi connectivity index (χ1n) is 16.1. The van der Waals surface area contributed by atoms with Crippen LogP contribution in [0.15, 0.2) is 72.8 Å². The number of hydrogen-bond donors (Lipinski definition) is 3. The van der Waals surface area contributed by atoms with Gasteiger partial charge in [0.05, 0.1) is 36.6 Å². The van der Waals surface area contributed by atoms with Crippen LogP contribution in [0.25, 0.3) is 0 Å². The summed E-state index contributed by atoms with van der Waals surface area (Å²) in [7, 11) is -5.84. The molecule has 278 valence electrons. The maximum Gasteiger partial charge on any atom is 0.522 e. The monoisotopic (exact) mass is 821 g/mol. The molecule has 51 heavy (non-hydrogen) atoms. The predicted octanol–water partition coefficient (Wildman–Crippen LogP) is 4.14. The number of halogens is 3. The third kappa shape index (κ3) is 7.52. The minimum absolute atomic E-state index is 0. The van der Waals surface area contributed by atoms with E-state index in [4.69, 9.17) is 13.0 Å². The van der Waals surface area contributed by atoms with Crippen LogP contribution < -0.4 is 9.80 Å². The van der Waals surface area contributed by atoms with Crippen molar-refractivity contribution in [2.45, 2.75) is 81.2 Å². The Balaban J connectivity index is 0.000000504. The van der Waals surface area contributed by atoms with Gasteiger partial charge in [0.15, 0.2) is 0 Å². The number of benzene rings is 3. The van der Waals surface area contributed by atoms with Gasteiger partial charge in [-0.1, -0.05) is 57.2 Å². The molecule has 4 heterocycles. The molecule has 2 amide bonds. The Hall–Kier alpha value is -3.20. The molecule has 4 saturated heterocycles. The molecule has 4 aliphatic heterocycles. The molecule has 3 aromatic carbocycles. The molecule has 0 aliphatic carbocycles. The molecule has 11 nitrogen and oxygen atoms in total. The van der Waals surface area contributed by atoms with Gasteiger partial charge in [0.2, 0.25) is 11.8 Å². The molecule has 4 fully saturated rings. The number of para-hydroxylation sites is 2. The van der Waals surface area contributed by atoms with E-state index >= 15 is 0 Å². The molecule has 0 bridgehead atoms. The van der Waals surface area contributed by atoms with Gasteiger partial charge >= 0.3 is 15.6 Å². The summed E-state index contributed by atoms with van der Waals surface area (Å²) in [6.45, 7) is 7.26. The van der Waals surface area contributed by atoms with Gasteiger partial charge < -0.3 is 10.2 Å². The normalized spacial score (nSPS) is 26.8. The van der Waals surface area contributed by atoms with Gasteiger partial charge in [-0.25, -0.2) is 0 Å². The molecule has 0 unspecified atom stereocenters. The van der Waals surface area contributed by atoms with Crippen molar-refractivity contribution >= 4 is 33.3 Å². The van der Waals surface area contributed by atoms with Crippen LogP contribution in [0.2, 0.25) is 0 Å². The fourth-order valence-corrected chi connectivity index (χ4v) is 7.24. The molecule has 7 rings (SSSR count). The van der Waals surface area contributed by atoms with Crippen LogP contribution in [-0.4, -0.2) is 87.7 Å². The Morgan fingerprint density at radius 3 is 1.39 bits per heavy atom. The summed E-state index contributed by atoms with van der Waals surface area (Å²) in [5.74, 6) is -0.0490. The van der Waals surface area contributed by atoms with Crippen molar-refractivity contribution in [2.75, 3.05) is 22.9 Å². The van der Waals surface area contributed by atoms with E-state index in [1.165, 1.54) is 0 Å². The van der Waals surface area contributed by atoms with Crippen LogP contribution >= 0.6 is 0 Å². The van der Waals surface area contributed by atoms with Crippen LogP contribution in [0, 0.1) is 6.07 Å². The third-order valence-corrected chi connectivity index (χ3v) is 10.1. The van der Waals surface area contributed by atoms with E-state index in [2.05, 4.69) is 48.8 Å². The third-order valence-electron chi connectivity index (χ3n) is 9.49. The van der Waals surface area contributed by atoms with Gasteiger partial charge in [0.25, 0.3) is 0 Å². The number of carbonyl (C=O) groups excluding carboxylic acids is 2. The first-order valence-corrected chi connectivity index (χ1v) is 17.6. The molecule has 0 radical (unpaired) electrons. The standard InChI is InChI=1S/C34H37N4O4.CHF3O3S.Pd/c1-34(2,3)23-15-21(30-35-19-26(39)17-28(35)32(41)37(30)24-10-6-4-7-11-24)14-22(16-23)31-36-20-27(40)18-29(36)33(42)38(31)25-12-8-5-9-13-25;2-1(3,4)8(5,6)7;/h4-13,15-16,26-31,39-40H,17-20H2,1-3H3;(H,5,6,7);/q-1;;/t26-,27-,28+,29+,30-,31-;;/m1../s1. The van der Waals surface area contributed by atoms with Crippen molar-refractivity contribution in [3.8, 4) is 0 Å². The number of fused-ring (bicyclic) bond motifs is 2. The number of hydrogen-bond acceptors (Lipinski definition) is 8. The van der Waals surface area contributed by atoms with Crippen LogP contribution in [0.5, 0.6) is 0 Å². The summed E-state index contributed by atoms with van der Waals surface area (Å²) in [5, 5.41) is 21.2. The Morgan fingerprint density at radius 2 is 1.08 bits per heavy atom. The first kappa shape index (κ1) is 39.0. The molecule has 0 saturated carbocycles. The van der Waals surface area contributed by atoms with Gasteiger partial charge in [0.1, 0.15) is 0 Å². The second-order valence-electron chi connectivity index (χ2n) is 14.0. The number of nitrogens with zero attached hydrogens (tertiary/aromatic N) is 4. The number of amides is 2. The Kier molecular flexibility index (Phi) is 11.0. The van der Waals surface area contributed by atoms with Gasteiger partial charge in [-0.05, 0) is 42.5 Å². The topological polar surface area (TPSA) is 142 Å². The smallest absolute Gasteiger partial charge is 0.392 e. The molecular formula is C35H38F3N4O7PdS-. The number of aliphatic hydroxyl groups is 2. The molecule has 0 spiro atoms. The van der Waals surface area contributed by atoms with E-state index in [9.17, 15) is 33.0 Å².